The molecule has 2 fully saturated rings. The molecule has 16 heavy (non-hydrogen) atoms. The lowest BCUT2D eigenvalue weighted by Crippen LogP contribution is -2.38. The number of fused-ring (bicyclic) bond motifs is 1. The third-order valence-electron chi connectivity index (χ3n) is 4.56. The maximum absolute atomic E-state index is 6.23. The molecule has 1 heterocycles. The van der Waals surface area contributed by atoms with E-state index < -0.39 is 0 Å². The minimum absolute atomic E-state index is 0.499. The summed E-state index contributed by atoms with van der Waals surface area (Å²) in [6, 6.07) is 0.499. The van der Waals surface area contributed by atoms with Crippen molar-refractivity contribution < 1.29 is 0 Å². The molecule has 1 saturated carbocycles. The molecule has 1 saturated heterocycles. The van der Waals surface area contributed by atoms with E-state index in [2.05, 4.69) is 11.8 Å². The fourth-order valence-electron chi connectivity index (χ4n) is 3.55. The summed E-state index contributed by atoms with van der Waals surface area (Å²) in [5, 5.41) is 0. The molecule has 3 unspecified atom stereocenters. The number of hydrogen-bond donors (Lipinski definition) is 1. The van der Waals surface area contributed by atoms with Crippen molar-refractivity contribution in [1.82, 2.24) is 4.90 Å². The molecule has 0 aromatic rings. The highest BCUT2D eigenvalue weighted by atomic mass is 15.2. The minimum atomic E-state index is 0.499. The Morgan fingerprint density at radius 1 is 1.12 bits per heavy atom. The van der Waals surface area contributed by atoms with Crippen LogP contribution in [0.3, 0.4) is 0 Å². The Bertz CT molecular complexity index is 205. The van der Waals surface area contributed by atoms with Crippen molar-refractivity contribution in [2.45, 2.75) is 57.9 Å². The second-order valence-electron chi connectivity index (χ2n) is 5.84. The van der Waals surface area contributed by atoms with Gasteiger partial charge in [-0.25, -0.2) is 0 Å². The van der Waals surface area contributed by atoms with Gasteiger partial charge in [-0.05, 0) is 37.6 Å². The van der Waals surface area contributed by atoms with Crippen molar-refractivity contribution in [1.29, 1.82) is 0 Å². The second-order valence-corrected chi connectivity index (χ2v) is 5.84. The SMILES string of the molecule is CCCCCCN1CC2CCCC(N)C2C1. The van der Waals surface area contributed by atoms with E-state index >= 15 is 0 Å². The number of unbranched alkanes of at least 4 members (excludes halogenated alkanes) is 3. The largest absolute Gasteiger partial charge is 0.327 e. The highest BCUT2D eigenvalue weighted by Gasteiger charge is 2.38. The Balaban J connectivity index is 1.70. The summed E-state index contributed by atoms with van der Waals surface area (Å²) >= 11 is 0. The molecule has 2 N–H and O–H groups in total. The first kappa shape index (κ1) is 12.4. The first-order chi connectivity index (χ1) is 7.81. The molecule has 2 nitrogen and oxygen atoms in total. The summed E-state index contributed by atoms with van der Waals surface area (Å²) in [5.41, 5.74) is 6.23. The van der Waals surface area contributed by atoms with Gasteiger partial charge in [-0.1, -0.05) is 32.6 Å². The van der Waals surface area contributed by atoms with Gasteiger partial charge >= 0.3 is 0 Å². The molecule has 3 atom stereocenters. The lowest BCUT2D eigenvalue weighted by atomic mass is 9.78. The van der Waals surface area contributed by atoms with Gasteiger partial charge < -0.3 is 10.6 Å². The van der Waals surface area contributed by atoms with Gasteiger partial charge in [-0.2, -0.15) is 0 Å². The van der Waals surface area contributed by atoms with Crippen molar-refractivity contribution in [3.8, 4) is 0 Å². The predicted octanol–water partition coefficient (Wildman–Crippen LogP) is 2.63. The predicted molar refractivity (Wildman–Crippen MR) is 69.4 cm³/mol. The van der Waals surface area contributed by atoms with Crippen LogP contribution in [0.1, 0.15) is 51.9 Å². The average molecular weight is 224 g/mol. The number of rotatable bonds is 5. The molecule has 0 aromatic heterocycles. The topological polar surface area (TPSA) is 29.3 Å². The van der Waals surface area contributed by atoms with Gasteiger partial charge in [-0.3, -0.25) is 0 Å². The molecule has 0 spiro atoms. The highest BCUT2D eigenvalue weighted by Crippen LogP contribution is 2.35. The van der Waals surface area contributed by atoms with Crippen molar-refractivity contribution in [2.24, 2.45) is 17.6 Å². The second kappa shape index (κ2) is 6.02. The zero-order valence-electron chi connectivity index (χ0n) is 10.8. The van der Waals surface area contributed by atoms with Crippen LogP contribution in [0.4, 0.5) is 0 Å². The van der Waals surface area contributed by atoms with Crippen LogP contribution in [0.25, 0.3) is 0 Å². The smallest absolute Gasteiger partial charge is 0.00825 e. The first-order valence-electron chi connectivity index (χ1n) is 7.29. The quantitative estimate of drug-likeness (QED) is 0.727. The molecular weight excluding hydrogens is 196 g/mol. The summed E-state index contributed by atoms with van der Waals surface area (Å²) in [6.45, 7) is 6.23. The molecule has 0 bridgehead atoms. The van der Waals surface area contributed by atoms with Crippen LogP contribution in [0.5, 0.6) is 0 Å². The number of hydrogen-bond acceptors (Lipinski definition) is 2. The molecule has 2 heteroatoms. The zero-order valence-corrected chi connectivity index (χ0v) is 10.8. The number of likely N-dealkylation sites (tertiary alicyclic amines) is 1. The molecule has 2 aliphatic rings. The maximum Gasteiger partial charge on any atom is 0.00825 e. The molecule has 1 aliphatic carbocycles. The van der Waals surface area contributed by atoms with E-state index in [-0.39, 0.29) is 0 Å². The van der Waals surface area contributed by atoms with E-state index in [1.165, 1.54) is 64.6 Å². The average Bonchev–Trinajstić information content (AvgIpc) is 2.69. The van der Waals surface area contributed by atoms with Gasteiger partial charge in [0, 0.05) is 19.1 Å². The summed E-state index contributed by atoms with van der Waals surface area (Å²) < 4.78 is 0. The first-order valence-corrected chi connectivity index (χ1v) is 7.29. The van der Waals surface area contributed by atoms with Crippen LogP contribution in [-0.2, 0) is 0 Å². The standard InChI is InChI=1S/C14H28N2/c1-2-3-4-5-9-16-10-12-7-6-8-14(15)13(12)11-16/h12-14H,2-11,15H2,1H3. The molecule has 94 valence electrons. The van der Waals surface area contributed by atoms with Crippen LogP contribution in [0.2, 0.25) is 0 Å². The Hall–Kier alpha value is -0.0800. The van der Waals surface area contributed by atoms with Gasteiger partial charge in [0.25, 0.3) is 0 Å². The normalized spacial score (nSPS) is 35.2. The van der Waals surface area contributed by atoms with E-state index in [0.717, 1.165) is 11.8 Å². The Labute approximate surface area is 101 Å². The Morgan fingerprint density at radius 3 is 2.75 bits per heavy atom. The van der Waals surface area contributed by atoms with Crippen molar-refractivity contribution in [3.05, 3.63) is 0 Å². The van der Waals surface area contributed by atoms with Crippen LogP contribution in [0, 0.1) is 11.8 Å². The van der Waals surface area contributed by atoms with Crippen molar-refractivity contribution in [2.75, 3.05) is 19.6 Å². The van der Waals surface area contributed by atoms with Gasteiger partial charge in [0.1, 0.15) is 0 Å². The van der Waals surface area contributed by atoms with Crippen LogP contribution in [-0.4, -0.2) is 30.6 Å². The van der Waals surface area contributed by atoms with Gasteiger partial charge in [0.2, 0.25) is 0 Å². The molecule has 0 radical (unpaired) electrons. The third-order valence-corrected chi connectivity index (χ3v) is 4.56. The van der Waals surface area contributed by atoms with E-state index in [4.69, 9.17) is 5.73 Å². The van der Waals surface area contributed by atoms with Crippen LogP contribution >= 0.6 is 0 Å². The van der Waals surface area contributed by atoms with E-state index in [0.29, 0.717) is 6.04 Å². The van der Waals surface area contributed by atoms with Crippen LogP contribution < -0.4 is 5.73 Å². The number of nitrogens with zero attached hydrogens (tertiary/aromatic N) is 1. The summed E-state index contributed by atoms with van der Waals surface area (Å²) in [4.78, 5) is 2.68. The monoisotopic (exact) mass is 224 g/mol. The Morgan fingerprint density at radius 2 is 2.00 bits per heavy atom. The van der Waals surface area contributed by atoms with E-state index in [1.807, 2.05) is 0 Å². The minimum Gasteiger partial charge on any atom is -0.327 e. The summed E-state index contributed by atoms with van der Waals surface area (Å²) in [6.07, 6.45) is 9.62. The fourth-order valence-corrected chi connectivity index (χ4v) is 3.55. The third kappa shape index (κ3) is 2.98. The number of nitrogens with two attached hydrogens (primary N) is 1. The molecule has 0 amide bonds. The van der Waals surface area contributed by atoms with E-state index in [9.17, 15) is 0 Å². The fraction of sp³-hybridized carbons (Fsp3) is 1.00. The molecule has 2 rings (SSSR count). The van der Waals surface area contributed by atoms with Gasteiger partial charge in [0.05, 0.1) is 0 Å². The zero-order chi connectivity index (χ0) is 11.4. The lowest BCUT2D eigenvalue weighted by Gasteiger charge is -2.29. The van der Waals surface area contributed by atoms with Gasteiger partial charge in [-0.15, -0.1) is 0 Å². The molecular formula is C14H28N2. The van der Waals surface area contributed by atoms with Crippen molar-refractivity contribution >= 4 is 0 Å². The maximum atomic E-state index is 6.23. The van der Waals surface area contributed by atoms with E-state index in [1.54, 1.807) is 0 Å². The van der Waals surface area contributed by atoms with Crippen LogP contribution in [0.15, 0.2) is 0 Å². The summed E-state index contributed by atoms with van der Waals surface area (Å²) in [7, 11) is 0. The highest BCUT2D eigenvalue weighted by molar-refractivity contribution is 4.92. The lowest BCUT2D eigenvalue weighted by molar-refractivity contribution is 0.259. The molecule has 0 aromatic carbocycles. The van der Waals surface area contributed by atoms with Crippen molar-refractivity contribution in [3.63, 3.8) is 0 Å². The van der Waals surface area contributed by atoms with Gasteiger partial charge in [0.15, 0.2) is 0 Å². The summed E-state index contributed by atoms with van der Waals surface area (Å²) in [5.74, 6) is 1.75. The molecule has 1 aliphatic heterocycles. The Kier molecular flexibility index (Phi) is 4.66.